The van der Waals surface area contributed by atoms with Gasteiger partial charge in [0.15, 0.2) is 0 Å². The average molecular weight is 215 g/mol. The summed E-state index contributed by atoms with van der Waals surface area (Å²) in [6, 6.07) is 8.38. The van der Waals surface area contributed by atoms with Gasteiger partial charge in [-0.15, -0.1) is 0 Å². The van der Waals surface area contributed by atoms with Crippen LogP contribution in [0.15, 0.2) is 30.3 Å². The van der Waals surface area contributed by atoms with E-state index >= 15 is 0 Å². The Morgan fingerprint density at radius 2 is 1.93 bits per heavy atom. The highest BCUT2D eigenvalue weighted by molar-refractivity contribution is 7.88. The standard InChI is InChI=1S/C9H13NO3S/c1-14(12,13)10-9(7-11)8-5-3-2-4-6-8/h2-6,9-11H,7H2,1H3/t9-/m0/s1. The highest BCUT2D eigenvalue weighted by Crippen LogP contribution is 2.11. The Labute approximate surface area is 83.6 Å². The molecule has 0 saturated heterocycles. The van der Waals surface area contributed by atoms with E-state index < -0.39 is 16.1 Å². The van der Waals surface area contributed by atoms with Crippen molar-refractivity contribution in [2.24, 2.45) is 0 Å². The van der Waals surface area contributed by atoms with Crippen molar-refractivity contribution in [3.63, 3.8) is 0 Å². The van der Waals surface area contributed by atoms with Gasteiger partial charge in [-0.05, 0) is 5.56 Å². The third kappa shape index (κ3) is 3.45. The van der Waals surface area contributed by atoms with Crippen LogP contribution in [0.3, 0.4) is 0 Å². The Morgan fingerprint density at radius 3 is 2.36 bits per heavy atom. The SMILES string of the molecule is CS(=O)(=O)N[C@@H](CO)c1ccccc1. The van der Waals surface area contributed by atoms with Crippen LogP contribution in [0, 0.1) is 0 Å². The van der Waals surface area contributed by atoms with Gasteiger partial charge >= 0.3 is 0 Å². The zero-order valence-electron chi connectivity index (χ0n) is 7.84. The van der Waals surface area contributed by atoms with Crippen molar-refractivity contribution in [1.82, 2.24) is 4.72 Å². The maximum atomic E-state index is 11.0. The molecule has 0 bridgehead atoms. The molecule has 0 aliphatic rings. The topological polar surface area (TPSA) is 66.4 Å². The number of hydrogen-bond donors (Lipinski definition) is 2. The number of hydrogen-bond acceptors (Lipinski definition) is 3. The molecule has 2 N–H and O–H groups in total. The van der Waals surface area contributed by atoms with Crippen LogP contribution in [-0.2, 0) is 10.0 Å². The first-order chi connectivity index (χ1) is 6.53. The van der Waals surface area contributed by atoms with E-state index in [9.17, 15) is 8.42 Å². The van der Waals surface area contributed by atoms with E-state index in [1.165, 1.54) is 0 Å². The highest BCUT2D eigenvalue weighted by Gasteiger charge is 2.13. The van der Waals surface area contributed by atoms with E-state index in [0.717, 1.165) is 11.8 Å². The lowest BCUT2D eigenvalue weighted by molar-refractivity contribution is 0.259. The van der Waals surface area contributed by atoms with Crippen LogP contribution in [0.4, 0.5) is 0 Å². The van der Waals surface area contributed by atoms with Gasteiger partial charge in [0.05, 0.1) is 18.9 Å². The molecule has 1 aromatic rings. The zero-order chi connectivity index (χ0) is 10.6. The van der Waals surface area contributed by atoms with Gasteiger partial charge in [-0.2, -0.15) is 0 Å². The van der Waals surface area contributed by atoms with Crippen molar-refractivity contribution in [3.05, 3.63) is 35.9 Å². The van der Waals surface area contributed by atoms with Crippen molar-refractivity contribution in [1.29, 1.82) is 0 Å². The van der Waals surface area contributed by atoms with Gasteiger partial charge in [-0.25, -0.2) is 13.1 Å². The lowest BCUT2D eigenvalue weighted by Crippen LogP contribution is -2.29. The number of benzene rings is 1. The van der Waals surface area contributed by atoms with Gasteiger partial charge in [0.25, 0.3) is 0 Å². The highest BCUT2D eigenvalue weighted by atomic mass is 32.2. The third-order valence-corrected chi connectivity index (χ3v) is 2.45. The molecular weight excluding hydrogens is 202 g/mol. The second-order valence-electron chi connectivity index (χ2n) is 3.04. The summed E-state index contributed by atoms with van der Waals surface area (Å²) in [6.45, 7) is -0.253. The van der Waals surface area contributed by atoms with Crippen LogP contribution in [0.5, 0.6) is 0 Å². The fourth-order valence-electron chi connectivity index (χ4n) is 1.15. The quantitative estimate of drug-likeness (QED) is 0.757. The monoisotopic (exact) mass is 215 g/mol. The smallest absolute Gasteiger partial charge is 0.209 e. The summed E-state index contributed by atoms with van der Waals surface area (Å²) >= 11 is 0. The van der Waals surface area contributed by atoms with Crippen molar-refractivity contribution in [3.8, 4) is 0 Å². The lowest BCUT2D eigenvalue weighted by Gasteiger charge is -2.14. The van der Waals surface area contributed by atoms with Crippen molar-refractivity contribution >= 4 is 10.0 Å². The molecule has 1 rings (SSSR count). The fraction of sp³-hybridized carbons (Fsp3) is 0.333. The van der Waals surface area contributed by atoms with Gasteiger partial charge in [0.1, 0.15) is 0 Å². The number of sulfonamides is 1. The molecule has 0 amide bonds. The molecule has 0 aliphatic carbocycles. The average Bonchev–Trinajstić information content (AvgIpc) is 2.14. The number of aliphatic hydroxyl groups is 1. The van der Waals surface area contributed by atoms with Crippen LogP contribution in [-0.4, -0.2) is 26.4 Å². The molecular formula is C9H13NO3S. The van der Waals surface area contributed by atoms with Crippen molar-refractivity contribution in [2.75, 3.05) is 12.9 Å². The number of aliphatic hydroxyl groups excluding tert-OH is 1. The first-order valence-corrected chi connectivity index (χ1v) is 6.05. The van der Waals surface area contributed by atoms with Crippen LogP contribution in [0.25, 0.3) is 0 Å². The molecule has 0 aromatic heterocycles. The second kappa shape index (κ2) is 4.54. The molecule has 1 atom stereocenters. The summed E-state index contributed by atoms with van der Waals surface area (Å²) in [5.41, 5.74) is 0.750. The minimum absolute atomic E-state index is 0.253. The van der Waals surface area contributed by atoms with Crippen LogP contribution in [0.2, 0.25) is 0 Å². The van der Waals surface area contributed by atoms with E-state index in [1.54, 1.807) is 24.3 Å². The molecule has 0 spiro atoms. The second-order valence-corrected chi connectivity index (χ2v) is 4.82. The molecule has 0 heterocycles. The molecule has 0 radical (unpaired) electrons. The molecule has 1 aromatic carbocycles. The zero-order valence-corrected chi connectivity index (χ0v) is 8.66. The normalized spacial score (nSPS) is 13.9. The van der Waals surface area contributed by atoms with Gasteiger partial charge in [-0.3, -0.25) is 0 Å². The largest absolute Gasteiger partial charge is 0.394 e. The van der Waals surface area contributed by atoms with Gasteiger partial charge in [0, 0.05) is 0 Å². The van der Waals surface area contributed by atoms with E-state index in [2.05, 4.69) is 4.72 Å². The maximum absolute atomic E-state index is 11.0. The Kier molecular flexibility index (Phi) is 3.62. The Bertz CT molecular complexity index is 374. The van der Waals surface area contributed by atoms with Crippen LogP contribution >= 0.6 is 0 Å². The van der Waals surface area contributed by atoms with E-state index in [-0.39, 0.29) is 6.61 Å². The molecule has 0 saturated carbocycles. The Balaban J connectivity index is 2.84. The summed E-state index contributed by atoms with van der Waals surface area (Å²) in [5, 5.41) is 9.02. The first-order valence-electron chi connectivity index (χ1n) is 4.16. The van der Waals surface area contributed by atoms with Crippen LogP contribution in [0.1, 0.15) is 11.6 Å². The summed E-state index contributed by atoms with van der Waals surface area (Å²) in [4.78, 5) is 0. The molecule has 4 nitrogen and oxygen atoms in total. The van der Waals surface area contributed by atoms with E-state index in [0.29, 0.717) is 0 Å². The van der Waals surface area contributed by atoms with Gasteiger partial charge < -0.3 is 5.11 Å². The molecule has 14 heavy (non-hydrogen) atoms. The lowest BCUT2D eigenvalue weighted by atomic mass is 10.1. The predicted molar refractivity (Wildman–Crippen MR) is 54.2 cm³/mol. The van der Waals surface area contributed by atoms with Gasteiger partial charge in [0.2, 0.25) is 10.0 Å². The molecule has 0 fully saturated rings. The third-order valence-electron chi connectivity index (χ3n) is 1.74. The molecule has 0 aliphatic heterocycles. The van der Waals surface area contributed by atoms with E-state index in [1.807, 2.05) is 6.07 Å². The number of nitrogens with one attached hydrogen (secondary N) is 1. The Hall–Kier alpha value is -0.910. The summed E-state index contributed by atoms with van der Waals surface area (Å²) in [7, 11) is -3.29. The van der Waals surface area contributed by atoms with Gasteiger partial charge in [-0.1, -0.05) is 30.3 Å². The van der Waals surface area contributed by atoms with E-state index in [4.69, 9.17) is 5.11 Å². The first kappa shape index (κ1) is 11.2. The minimum Gasteiger partial charge on any atom is -0.394 e. The summed E-state index contributed by atoms with van der Waals surface area (Å²) < 4.78 is 24.2. The minimum atomic E-state index is -3.29. The van der Waals surface area contributed by atoms with Crippen LogP contribution < -0.4 is 4.72 Å². The maximum Gasteiger partial charge on any atom is 0.209 e. The van der Waals surface area contributed by atoms with Crippen molar-refractivity contribution in [2.45, 2.75) is 6.04 Å². The molecule has 5 heteroatoms. The number of rotatable bonds is 4. The summed E-state index contributed by atoms with van der Waals surface area (Å²) in [6.07, 6.45) is 1.07. The van der Waals surface area contributed by atoms with Crippen molar-refractivity contribution < 1.29 is 13.5 Å². The fourth-order valence-corrected chi connectivity index (χ4v) is 1.88. The molecule has 78 valence electrons. The predicted octanol–water partition coefficient (Wildman–Crippen LogP) is 0.269. The summed E-state index contributed by atoms with van der Waals surface area (Å²) in [5.74, 6) is 0. The molecule has 0 unspecified atom stereocenters. The Morgan fingerprint density at radius 1 is 1.36 bits per heavy atom.